The zero-order valence-corrected chi connectivity index (χ0v) is 35.0. The number of aliphatic hydroxyl groups excluding tert-OH is 3. The largest absolute Gasteiger partial charge is 0.462 e. The molecule has 4 N–H and O–H groups in total. The minimum atomic E-state index is -4.61. The van der Waals surface area contributed by atoms with Crippen molar-refractivity contribution < 1.29 is 56.8 Å². The third kappa shape index (κ3) is 28.8. The van der Waals surface area contributed by atoms with E-state index in [0.29, 0.717) is 12.8 Å². The molecule has 0 aromatic carbocycles. The fraction of sp³-hybridized carbons (Fsp3) is 0.636. The van der Waals surface area contributed by atoms with Crippen molar-refractivity contribution >= 4 is 22.1 Å². The van der Waals surface area contributed by atoms with E-state index in [2.05, 4.69) is 74.6 Å². The first-order chi connectivity index (χ1) is 27.5. The highest BCUT2D eigenvalue weighted by atomic mass is 32.2. The van der Waals surface area contributed by atoms with Crippen LogP contribution < -0.4 is 0 Å². The van der Waals surface area contributed by atoms with E-state index < -0.39 is 71.2 Å². The molecule has 1 saturated heterocycles. The van der Waals surface area contributed by atoms with E-state index >= 15 is 0 Å². The Morgan fingerprint density at radius 3 is 1.77 bits per heavy atom. The van der Waals surface area contributed by atoms with Gasteiger partial charge in [-0.15, -0.1) is 0 Å². The Hall–Kier alpha value is -3.17. The van der Waals surface area contributed by atoms with E-state index in [9.17, 15) is 37.9 Å². The van der Waals surface area contributed by atoms with Crippen molar-refractivity contribution in [1.29, 1.82) is 0 Å². The van der Waals surface area contributed by atoms with Gasteiger partial charge in [0.1, 0.15) is 36.8 Å². The van der Waals surface area contributed by atoms with Crippen molar-refractivity contribution in [1.82, 2.24) is 0 Å². The Bertz CT molecular complexity index is 1380. The molecule has 0 aliphatic carbocycles. The summed E-state index contributed by atoms with van der Waals surface area (Å²) in [5.41, 5.74) is 0. The molecule has 0 saturated carbocycles. The van der Waals surface area contributed by atoms with Crippen molar-refractivity contribution in [2.24, 2.45) is 0 Å². The van der Waals surface area contributed by atoms with Crippen molar-refractivity contribution in [3.8, 4) is 0 Å². The first-order valence-corrected chi connectivity index (χ1v) is 22.3. The van der Waals surface area contributed by atoms with Crippen LogP contribution >= 0.6 is 0 Å². The number of carbonyl (C=O) groups is 2. The maximum atomic E-state index is 12.8. The smallest absolute Gasteiger partial charge is 0.306 e. The van der Waals surface area contributed by atoms with Crippen LogP contribution in [0.1, 0.15) is 123 Å². The average molecular weight is 823 g/mol. The van der Waals surface area contributed by atoms with Gasteiger partial charge in [-0.25, -0.2) is 0 Å². The summed E-state index contributed by atoms with van der Waals surface area (Å²) < 4.78 is 53.9. The SMILES string of the molecule is CC/C=C/C=C/C=C/CCCCCCCC(=O)OC(COC(=O)CCCCC/C=C/C/C=C/C/C=C/C/C=C/CC)CO[C@H]1O[C@H](CS(=O)(=O)O)[C@@H](O)C(O)C1O. The van der Waals surface area contributed by atoms with Gasteiger partial charge in [0, 0.05) is 12.8 Å². The van der Waals surface area contributed by atoms with Crippen LogP contribution in [0.25, 0.3) is 0 Å². The predicted octanol–water partition coefficient (Wildman–Crippen LogP) is 7.72. The van der Waals surface area contributed by atoms with Gasteiger partial charge in [-0.3, -0.25) is 14.1 Å². The van der Waals surface area contributed by atoms with Gasteiger partial charge in [-0.1, -0.05) is 125 Å². The molecule has 324 valence electrons. The van der Waals surface area contributed by atoms with Crippen molar-refractivity contribution in [2.75, 3.05) is 19.0 Å². The summed E-state index contributed by atoms with van der Waals surface area (Å²) in [6, 6.07) is 0. The molecule has 0 aromatic rings. The first kappa shape index (κ1) is 51.8. The fourth-order valence-electron chi connectivity index (χ4n) is 5.61. The van der Waals surface area contributed by atoms with E-state index in [4.69, 9.17) is 18.9 Å². The van der Waals surface area contributed by atoms with Crippen LogP contribution in [0.3, 0.4) is 0 Å². The number of aliphatic hydroxyl groups is 3. The van der Waals surface area contributed by atoms with Gasteiger partial charge in [-0.2, -0.15) is 8.42 Å². The Kier molecular flexibility index (Phi) is 30.7. The minimum Gasteiger partial charge on any atom is -0.462 e. The molecule has 3 unspecified atom stereocenters. The predicted molar refractivity (Wildman–Crippen MR) is 224 cm³/mol. The van der Waals surface area contributed by atoms with Gasteiger partial charge < -0.3 is 34.3 Å². The zero-order valence-electron chi connectivity index (χ0n) is 34.2. The lowest BCUT2D eigenvalue weighted by atomic mass is 10.00. The molecule has 0 aromatic heterocycles. The summed E-state index contributed by atoms with van der Waals surface area (Å²) in [4.78, 5) is 25.3. The van der Waals surface area contributed by atoms with Gasteiger partial charge in [0.05, 0.1) is 6.61 Å². The summed E-state index contributed by atoms with van der Waals surface area (Å²) in [7, 11) is -4.61. The molecule has 1 heterocycles. The molecular weight excluding hydrogens is 753 g/mol. The number of hydrogen-bond donors (Lipinski definition) is 4. The van der Waals surface area contributed by atoms with E-state index in [1.54, 1.807) is 0 Å². The maximum absolute atomic E-state index is 12.8. The molecule has 13 heteroatoms. The molecular formula is C44H70O12S. The molecule has 12 nitrogen and oxygen atoms in total. The monoisotopic (exact) mass is 822 g/mol. The topological polar surface area (TPSA) is 186 Å². The van der Waals surface area contributed by atoms with Gasteiger partial charge in [0.25, 0.3) is 10.1 Å². The summed E-state index contributed by atoms with van der Waals surface area (Å²) in [6.07, 6.45) is 33.5. The number of hydrogen-bond acceptors (Lipinski definition) is 11. The Morgan fingerprint density at radius 2 is 1.14 bits per heavy atom. The summed E-state index contributed by atoms with van der Waals surface area (Å²) >= 11 is 0. The standard InChI is InChI=1S/C44H70O12S/c1-3-5-7-9-11-13-15-17-18-19-21-22-24-26-28-30-32-39(45)53-34-37(35-54-44-43(49)42(48)41(47)38(56-44)36-57(50,51)52)55-40(46)33-31-29-27-25-23-20-16-14-12-10-8-6-4-2/h5-8,10-14,16-18,21-22,37-38,41-44,47-49H,3-4,9,15,19-20,23-36H2,1-2H3,(H,50,51,52)/b7-5+,8-6+,12-10+,13-11+,16-14+,18-17+,22-21+/t37?,38-,41-,42?,43?,44+/m1/s1. The normalized spacial score (nSPS) is 21.4. The third-order valence-corrected chi connectivity index (χ3v) is 9.53. The zero-order chi connectivity index (χ0) is 42.0. The highest BCUT2D eigenvalue weighted by Crippen LogP contribution is 2.24. The highest BCUT2D eigenvalue weighted by molar-refractivity contribution is 7.85. The van der Waals surface area contributed by atoms with Crippen LogP contribution in [0.4, 0.5) is 0 Å². The van der Waals surface area contributed by atoms with Crippen molar-refractivity contribution in [3.05, 3.63) is 85.1 Å². The number of carbonyl (C=O) groups excluding carboxylic acids is 2. The van der Waals surface area contributed by atoms with E-state index in [1.807, 2.05) is 24.3 Å². The molecule has 1 fully saturated rings. The molecule has 1 aliphatic heterocycles. The molecule has 1 rings (SSSR count). The number of esters is 2. The Morgan fingerprint density at radius 1 is 0.614 bits per heavy atom. The third-order valence-electron chi connectivity index (χ3n) is 8.78. The summed E-state index contributed by atoms with van der Waals surface area (Å²) in [6.45, 7) is 3.43. The fourth-order valence-corrected chi connectivity index (χ4v) is 6.30. The quantitative estimate of drug-likeness (QED) is 0.0171. The van der Waals surface area contributed by atoms with Crippen LogP contribution in [0.5, 0.6) is 0 Å². The van der Waals surface area contributed by atoms with Gasteiger partial charge in [0.2, 0.25) is 0 Å². The molecule has 0 radical (unpaired) electrons. The Balaban J connectivity index is 2.53. The first-order valence-electron chi connectivity index (χ1n) is 20.7. The maximum Gasteiger partial charge on any atom is 0.306 e. The van der Waals surface area contributed by atoms with E-state index in [1.165, 1.54) is 0 Å². The Labute approximate surface area is 341 Å². The number of allylic oxidation sites excluding steroid dienone is 14. The molecule has 0 bridgehead atoms. The highest BCUT2D eigenvalue weighted by Gasteiger charge is 2.46. The van der Waals surface area contributed by atoms with Crippen molar-refractivity contribution in [2.45, 2.75) is 160 Å². The van der Waals surface area contributed by atoms with Gasteiger partial charge in [0.15, 0.2) is 12.4 Å². The molecule has 6 atom stereocenters. The van der Waals surface area contributed by atoms with Crippen LogP contribution in [0.15, 0.2) is 85.1 Å². The second-order valence-corrected chi connectivity index (χ2v) is 15.4. The van der Waals surface area contributed by atoms with E-state index in [0.717, 1.165) is 83.5 Å². The minimum absolute atomic E-state index is 0.129. The molecule has 1 aliphatic rings. The lowest BCUT2D eigenvalue weighted by Crippen LogP contribution is -2.60. The van der Waals surface area contributed by atoms with E-state index in [-0.39, 0.29) is 19.4 Å². The van der Waals surface area contributed by atoms with Crippen LogP contribution in [0.2, 0.25) is 0 Å². The number of ether oxygens (including phenoxy) is 4. The van der Waals surface area contributed by atoms with Crippen LogP contribution in [-0.2, 0) is 38.7 Å². The summed E-state index contributed by atoms with van der Waals surface area (Å²) in [5, 5.41) is 30.8. The van der Waals surface area contributed by atoms with Crippen LogP contribution in [-0.4, -0.2) is 96.0 Å². The second-order valence-electron chi connectivity index (χ2n) is 13.9. The number of unbranched alkanes of at least 4 members (excludes halogenated alkanes) is 8. The summed E-state index contributed by atoms with van der Waals surface area (Å²) in [5.74, 6) is -2.07. The van der Waals surface area contributed by atoms with Gasteiger partial charge >= 0.3 is 11.9 Å². The van der Waals surface area contributed by atoms with Crippen molar-refractivity contribution in [3.63, 3.8) is 0 Å². The molecule has 57 heavy (non-hydrogen) atoms. The second kappa shape index (κ2) is 33.8. The molecule has 0 spiro atoms. The van der Waals surface area contributed by atoms with Crippen LogP contribution in [0, 0.1) is 0 Å². The average Bonchev–Trinajstić information content (AvgIpc) is 3.17. The van der Waals surface area contributed by atoms with Gasteiger partial charge in [-0.05, 0) is 70.6 Å². The lowest BCUT2D eigenvalue weighted by Gasteiger charge is -2.40. The lowest BCUT2D eigenvalue weighted by molar-refractivity contribution is -0.297. The molecule has 0 amide bonds. The number of rotatable bonds is 32.